The second-order valence-corrected chi connectivity index (χ2v) is 5.82. The number of nitrogens with one attached hydrogen (secondary N) is 1. The van der Waals surface area contributed by atoms with Gasteiger partial charge in [-0.05, 0) is 25.3 Å². The lowest BCUT2D eigenvalue weighted by Crippen LogP contribution is -2.48. The van der Waals surface area contributed by atoms with Crippen LogP contribution in [-0.4, -0.2) is 43.3 Å². The monoisotopic (exact) mass is 260 g/mol. The molecule has 104 valence electrons. The second kappa shape index (κ2) is 6.04. The van der Waals surface area contributed by atoms with Gasteiger partial charge < -0.3 is 10.1 Å². The fraction of sp³-hybridized carbons (Fsp3) is 0.625. The van der Waals surface area contributed by atoms with Crippen LogP contribution in [0.25, 0.3) is 0 Å². The number of benzene rings is 1. The first kappa shape index (κ1) is 13.1. The molecule has 3 atom stereocenters. The van der Waals surface area contributed by atoms with Crippen molar-refractivity contribution in [2.45, 2.75) is 38.0 Å². The van der Waals surface area contributed by atoms with Gasteiger partial charge in [0.15, 0.2) is 0 Å². The molecule has 2 saturated heterocycles. The van der Waals surface area contributed by atoms with Crippen LogP contribution in [0.5, 0.6) is 0 Å². The van der Waals surface area contributed by atoms with E-state index in [9.17, 15) is 0 Å². The Morgan fingerprint density at radius 3 is 2.84 bits per heavy atom. The lowest BCUT2D eigenvalue weighted by Gasteiger charge is -2.35. The first-order valence-corrected chi connectivity index (χ1v) is 7.47. The van der Waals surface area contributed by atoms with Gasteiger partial charge in [-0.3, -0.25) is 4.90 Å². The van der Waals surface area contributed by atoms with Gasteiger partial charge in [-0.1, -0.05) is 30.3 Å². The summed E-state index contributed by atoms with van der Waals surface area (Å²) in [7, 11) is 0. The fourth-order valence-electron chi connectivity index (χ4n) is 3.19. The van der Waals surface area contributed by atoms with Crippen LogP contribution in [0.4, 0.5) is 0 Å². The summed E-state index contributed by atoms with van der Waals surface area (Å²) in [4.78, 5) is 2.55. The molecular weight excluding hydrogens is 236 g/mol. The van der Waals surface area contributed by atoms with E-state index in [4.69, 9.17) is 4.74 Å². The molecule has 0 spiro atoms. The van der Waals surface area contributed by atoms with E-state index in [-0.39, 0.29) is 0 Å². The van der Waals surface area contributed by atoms with Gasteiger partial charge >= 0.3 is 0 Å². The molecule has 0 saturated carbocycles. The van der Waals surface area contributed by atoms with Gasteiger partial charge in [-0.25, -0.2) is 0 Å². The summed E-state index contributed by atoms with van der Waals surface area (Å²) in [5.41, 5.74) is 1.40. The Labute approximate surface area is 115 Å². The molecule has 3 unspecified atom stereocenters. The van der Waals surface area contributed by atoms with Gasteiger partial charge in [0.2, 0.25) is 0 Å². The topological polar surface area (TPSA) is 24.5 Å². The molecule has 3 rings (SSSR count). The largest absolute Gasteiger partial charge is 0.374 e. The highest BCUT2D eigenvalue weighted by Crippen LogP contribution is 2.22. The summed E-state index contributed by atoms with van der Waals surface area (Å²) in [6.45, 7) is 6.58. The number of hydrogen-bond donors (Lipinski definition) is 1. The lowest BCUT2D eigenvalue weighted by atomic mass is 10.0. The Morgan fingerprint density at radius 1 is 1.26 bits per heavy atom. The van der Waals surface area contributed by atoms with Crippen molar-refractivity contribution in [3.05, 3.63) is 35.9 Å². The molecule has 1 aromatic carbocycles. The van der Waals surface area contributed by atoms with E-state index in [2.05, 4.69) is 47.5 Å². The summed E-state index contributed by atoms with van der Waals surface area (Å²) in [6.07, 6.45) is 3.35. The molecule has 2 aliphatic heterocycles. The van der Waals surface area contributed by atoms with Gasteiger partial charge in [0.25, 0.3) is 0 Å². The Kier molecular flexibility index (Phi) is 4.16. The fourth-order valence-corrected chi connectivity index (χ4v) is 3.19. The van der Waals surface area contributed by atoms with Crippen molar-refractivity contribution in [1.29, 1.82) is 0 Å². The zero-order valence-corrected chi connectivity index (χ0v) is 11.7. The van der Waals surface area contributed by atoms with Crippen molar-refractivity contribution >= 4 is 0 Å². The van der Waals surface area contributed by atoms with Crippen molar-refractivity contribution in [2.75, 3.05) is 26.2 Å². The summed E-state index contributed by atoms with van der Waals surface area (Å²) in [5, 5.41) is 3.62. The second-order valence-electron chi connectivity index (χ2n) is 5.82. The van der Waals surface area contributed by atoms with E-state index in [0.717, 1.165) is 26.2 Å². The highest BCUT2D eigenvalue weighted by molar-refractivity contribution is 5.19. The van der Waals surface area contributed by atoms with Crippen molar-refractivity contribution in [1.82, 2.24) is 10.2 Å². The van der Waals surface area contributed by atoms with Gasteiger partial charge in [-0.2, -0.15) is 0 Å². The van der Waals surface area contributed by atoms with E-state index >= 15 is 0 Å². The van der Waals surface area contributed by atoms with Crippen molar-refractivity contribution in [3.63, 3.8) is 0 Å². The summed E-state index contributed by atoms with van der Waals surface area (Å²) in [5.74, 6) is 0. The van der Waals surface area contributed by atoms with Crippen LogP contribution in [0.3, 0.4) is 0 Å². The number of piperazine rings is 1. The van der Waals surface area contributed by atoms with Crippen molar-refractivity contribution in [2.24, 2.45) is 0 Å². The first-order valence-electron chi connectivity index (χ1n) is 7.47. The molecule has 3 nitrogen and oxygen atoms in total. The summed E-state index contributed by atoms with van der Waals surface area (Å²) < 4.78 is 5.94. The Bertz CT molecular complexity index is 395. The average Bonchev–Trinajstić information content (AvgIpc) is 2.85. The molecule has 1 N–H and O–H groups in total. The van der Waals surface area contributed by atoms with E-state index in [1.54, 1.807) is 0 Å². The lowest BCUT2D eigenvalue weighted by molar-refractivity contribution is 0.0253. The van der Waals surface area contributed by atoms with Gasteiger partial charge in [0, 0.05) is 32.2 Å². The highest BCUT2D eigenvalue weighted by Gasteiger charge is 2.27. The van der Waals surface area contributed by atoms with Crippen molar-refractivity contribution < 1.29 is 4.74 Å². The minimum absolute atomic E-state index is 0.449. The highest BCUT2D eigenvalue weighted by atomic mass is 16.5. The Morgan fingerprint density at radius 2 is 2.11 bits per heavy atom. The van der Waals surface area contributed by atoms with Gasteiger partial charge in [-0.15, -0.1) is 0 Å². The molecular formula is C16H24N2O. The minimum atomic E-state index is 0.449. The predicted octanol–water partition coefficient (Wildman–Crippen LogP) is 2.20. The van der Waals surface area contributed by atoms with Crippen LogP contribution in [0.1, 0.15) is 31.4 Å². The van der Waals surface area contributed by atoms with E-state index in [0.29, 0.717) is 18.2 Å². The smallest absolute Gasteiger partial charge is 0.0706 e. The summed E-state index contributed by atoms with van der Waals surface area (Å²) >= 11 is 0. The molecule has 2 heterocycles. The third-order valence-electron chi connectivity index (χ3n) is 4.24. The van der Waals surface area contributed by atoms with Crippen LogP contribution >= 0.6 is 0 Å². The molecule has 2 fully saturated rings. The number of ether oxygens (including phenoxy) is 1. The van der Waals surface area contributed by atoms with Crippen LogP contribution in [0.2, 0.25) is 0 Å². The number of nitrogens with zero attached hydrogens (tertiary/aromatic N) is 1. The standard InChI is InChI=1S/C16H24N2O/c1-13-7-8-15(19-13)11-18-10-9-17-16(12-18)14-5-3-2-4-6-14/h2-6,13,15-17H,7-12H2,1H3. The van der Waals surface area contributed by atoms with Crippen LogP contribution in [0.15, 0.2) is 30.3 Å². The minimum Gasteiger partial charge on any atom is -0.374 e. The molecule has 19 heavy (non-hydrogen) atoms. The predicted molar refractivity (Wildman–Crippen MR) is 77.2 cm³/mol. The molecule has 0 aliphatic carbocycles. The molecule has 0 radical (unpaired) electrons. The third kappa shape index (κ3) is 3.35. The SMILES string of the molecule is CC1CCC(CN2CCNC(c3ccccc3)C2)O1. The molecule has 3 heteroatoms. The summed E-state index contributed by atoms with van der Waals surface area (Å²) in [6, 6.07) is 11.2. The number of rotatable bonds is 3. The van der Waals surface area contributed by atoms with Crippen LogP contribution in [-0.2, 0) is 4.74 Å². The average molecular weight is 260 g/mol. The van der Waals surface area contributed by atoms with Crippen LogP contribution in [0, 0.1) is 0 Å². The molecule has 2 aliphatic rings. The van der Waals surface area contributed by atoms with Gasteiger partial charge in [0.05, 0.1) is 12.2 Å². The number of hydrogen-bond acceptors (Lipinski definition) is 3. The van der Waals surface area contributed by atoms with Gasteiger partial charge in [0.1, 0.15) is 0 Å². The zero-order valence-electron chi connectivity index (χ0n) is 11.7. The maximum absolute atomic E-state index is 5.94. The molecule has 0 amide bonds. The first-order chi connectivity index (χ1) is 9.31. The Balaban J connectivity index is 1.56. The molecule has 0 bridgehead atoms. The normalized spacial score (nSPS) is 32.6. The quantitative estimate of drug-likeness (QED) is 0.901. The van der Waals surface area contributed by atoms with E-state index < -0.39 is 0 Å². The Hall–Kier alpha value is -0.900. The molecule has 0 aromatic heterocycles. The maximum Gasteiger partial charge on any atom is 0.0706 e. The maximum atomic E-state index is 5.94. The van der Waals surface area contributed by atoms with Crippen LogP contribution < -0.4 is 5.32 Å². The molecule has 1 aromatic rings. The van der Waals surface area contributed by atoms with E-state index in [1.165, 1.54) is 18.4 Å². The van der Waals surface area contributed by atoms with E-state index in [1.807, 2.05) is 0 Å². The van der Waals surface area contributed by atoms with Crippen molar-refractivity contribution in [3.8, 4) is 0 Å². The zero-order chi connectivity index (χ0) is 13.1. The third-order valence-corrected chi connectivity index (χ3v) is 4.24.